The highest BCUT2D eigenvalue weighted by atomic mass is 16.5. The SMILES string of the molecule is NC[C@@H]1O[C@H](C23CC4C[C@H](C2)C[C@H](C4)C3)Cc2c1ccc(O)c2O. The van der Waals surface area contributed by atoms with E-state index in [1.807, 2.05) is 6.07 Å². The normalized spacial score (nSPS) is 43.0. The molecular weight excluding hydrogens is 302 g/mol. The van der Waals surface area contributed by atoms with Crippen LogP contribution in [0.4, 0.5) is 0 Å². The van der Waals surface area contributed by atoms with Gasteiger partial charge in [-0.15, -0.1) is 0 Å². The van der Waals surface area contributed by atoms with Crippen molar-refractivity contribution in [2.75, 3.05) is 6.54 Å². The van der Waals surface area contributed by atoms with E-state index >= 15 is 0 Å². The molecule has 4 nitrogen and oxygen atoms in total. The average Bonchev–Trinajstić information content (AvgIpc) is 2.56. The number of rotatable bonds is 2. The minimum absolute atomic E-state index is 0.0315. The molecule has 4 N–H and O–H groups in total. The van der Waals surface area contributed by atoms with Gasteiger partial charge in [0.15, 0.2) is 11.5 Å². The van der Waals surface area contributed by atoms with Crippen LogP contribution < -0.4 is 5.73 Å². The van der Waals surface area contributed by atoms with Gasteiger partial charge in [-0.25, -0.2) is 0 Å². The van der Waals surface area contributed by atoms with Gasteiger partial charge in [-0.2, -0.15) is 0 Å². The fourth-order valence-electron chi connectivity index (χ4n) is 6.78. The molecule has 0 spiro atoms. The van der Waals surface area contributed by atoms with Crippen LogP contribution in [0.2, 0.25) is 0 Å². The van der Waals surface area contributed by atoms with Crippen LogP contribution in [-0.4, -0.2) is 22.9 Å². The number of fused-ring (bicyclic) bond motifs is 1. The van der Waals surface area contributed by atoms with E-state index in [0.717, 1.165) is 28.9 Å². The van der Waals surface area contributed by atoms with Gasteiger partial charge in [0.05, 0.1) is 12.2 Å². The molecule has 0 amide bonds. The number of nitrogens with two attached hydrogens (primary N) is 1. The van der Waals surface area contributed by atoms with Crippen molar-refractivity contribution in [1.82, 2.24) is 0 Å². The Bertz CT molecular complexity index is 636. The third kappa shape index (κ3) is 2.05. The Balaban J connectivity index is 1.53. The number of ether oxygens (including phenoxy) is 1. The summed E-state index contributed by atoms with van der Waals surface area (Å²) in [6.45, 7) is 0.417. The van der Waals surface area contributed by atoms with Gasteiger partial charge < -0.3 is 20.7 Å². The molecule has 4 bridgehead atoms. The highest BCUT2D eigenvalue weighted by Gasteiger charge is 2.55. The predicted octanol–water partition coefficient (Wildman–Crippen LogP) is 3.26. The second-order valence-corrected chi connectivity index (χ2v) is 8.83. The molecule has 0 unspecified atom stereocenters. The molecule has 4 saturated carbocycles. The first-order valence-corrected chi connectivity index (χ1v) is 9.47. The monoisotopic (exact) mass is 329 g/mol. The summed E-state index contributed by atoms with van der Waals surface area (Å²) in [5.74, 6) is 2.61. The van der Waals surface area contributed by atoms with E-state index < -0.39 is 0 Å². The van der Waals surface area contributed by atoms with Gasteiger partial charge in [0.2, 0.25) is 0 Å². The van der Waals surface area contributed by atoms with Crippen LogP contribution in [0.25, 0.3) is 0 Å². The smallest absolute Gasteiger partial charge is 0.161 e. The Labute approximate surface area is 143 Å². The maximum absolute atomic E-state index is 10.4. The molecule has 1 heterocycles. The van der Waals surface area contributed by atoms with E-state index in [1.54, 1.807) is 6.07 Å². The molecule has 1 aliphatic heterocycles. The van der Waals surface area contributed by atoms with Crippen LogP contribution in [0.5, 0.6) is 11.5 Å². The van der Waals surface area contributed by atoms with Crippen molar-refractivity contribution in [3.8, 4) is 11.5 Å². The first-order chi connectivity index (χ1) is 11.6. The van der Waals surface area contributed by atoms with Gasteiger partial charge in [-0.1, -0.05) is 6.07 Å². The first-order valence-electron chi connectivity index (χ1n) is 9.47. The van der Waals surface area contributed by atoms with Crippen molar-refractivity contribution in [2.45, 2.75) is 57.2 Å². The lowest BCUT2D eigenvalue weighted by Crippen LogP contribution is -2.54. The van der Waals surface area contributed by atoms with E-state index in [0.29, 0.717) is 13.0 Å². The van der Waals surface area contributed by atoms with Crippen LogP contribution in [0.15, 0.2) is 12.1 Å². The predicted molar refractivity (Wildman–Crippen MR) is 90.7 cm³/mol. The van der Waals surface area contributed by atoms with Gasteiger partial charge in [-0.05, 0) is 73.3 Å². The fraction of sp³-hybridized carbons (Fsp3) is 0.700. The fourth-order valence-corrected chi connectivity index (χ4v) is 6.78. The van der Waals surface area contributed by atoms with Crippen molar-refractivity contribution < 1.29 is 14.9 Å². The third-order valence-electron chi connectivity index (χ3n) is 7.35. The summed E-state index contributed by atoms with van der Waals surface area (Å²) in [5, 5.41) is 20.3. The van der Waals surface area contributed by atoms with Crippen molar-refractivity contribution in [2.24, 2.45) is 28.9 Å². The van der Waals surface area contributed by atoms with E-state index in [4.69, 9.17) is 10.5 Å². The van der Waals surface area contributed by atoms with Gasteiger partial charge in [0.1, 0.15) is 0 Å². The zero-order valence-electron chi connectivity index (χ0n) is 14.1. The number of hydrogen-bond donors (Lipinski definition) is 3. The van der Waals surface area contributed by atoms with Crippen LogP contribution in [0.3, 0.4) is 0 Å². The molecule has 4 aliphatic carbocycles. The largest absolute Gasteiger partial charge is 0.504 e. The molecular formula is C20H27NO3. The Morgan fingerprint density at radius 1 is 1.04 bits per heavy atom. The summed E-state index contributed by atoms with van der Waals surface area (Å²) in [4.78, 5) is 0. The van der Waals surface area contributed by atoms with E-state index in [9.17, 15) is 10.2 Å². The topological polar surface area (TPSA) is 75.7 Å². The highest BCUT2D eigenvalue weighted by Crippen LogP contribution is 2.63. The highest BCUT2D eigenvalue weighted by molar-refractivity contribution is 5.51. The number of phenols is 2. The Morgan fingerprint density at radius 2 is 1.67 bits per heavy atom. The maximum atomic E-state index is 10.4. The molecule has 1 aromatic carbocycles. The molecule has 24 heavy (non-hydrogen) atoms. The van der Waals surface area contributed by atoms with E-state index in [1.165, 1.54) is 38.5 Å². The zero-order chi connectivity index (χ0) is 16.5. The van der Waals surface area contributed by atoms with Gasteiger partial charge in [-0.3, -0.25) is 0 Å². The number of phenolic OH excluding ortho intramolecular Hbond substituents is 2. The van der Waals surface area contributed by atoms with Gasteiger partial charge >= 0.3 is 0 Å². The lowest BCUT2D eigenvalue weighted by molar-refractivity contribution is -0.165. The molecule has 4 fully saturated rings. The number of benzene rings is 1. The van der Waals surface area contributed by atoms with Crippen LogP contribution in [0, 0.1) is 23.2 Å². The average molecular weight is 329 g/mol. The second kappa shape index (κ2) is 5.12. The van der Waals surface area contributed by atoms with Gasteiger partial charge in [0.25, 0.3) is 0 Å². The Kier molecular flexibility index (Phi) is 3.21. The summed E-state index contributed by atoms with van der Waals surface area (Å²) in [6.07, 6.45) is 8.72. The van der Waals surface area contributed by atoms with Gasteiger partial charge in [0, 0.05) is 18.5 Å². The number of aromatic hydroxyl groups is 2. The summed E-state index contributed by atoms with van der Waals surface area (Å²) in [6, 6.07) is 3.41. The zero-order valence-corrected chi connectivity index (χ0v) is 14.1. The lowest BCUT2D eigenvalue weighted by Gasteiger charge is -2.60. The summed E-state index contributed by atoms with van der Waals surface area (Å²) in [7, 11) is 0. The van der Waals surface area contributed by atoms with E-state index in [2.05, 4.69) is 0 Å². The second-order valence-electron chi connectivity index (χ2n) is 8.83. The lowest BCUT2D eigenvalue weighted by atomic mass is 9.47. The molecule has 2 atom stereocenters. The van der Waals surface area contributed by atoms with Crippen molar-refractivity contribution in [1.29, 1.82) is 0 Å². The molecule has 1 aromatic rings. The molecule has 0 aromatic heterocycles. The standard InChI is InChI=1S/C20H27NO3/c21-10-17-14-1-2-16(22)19(23)15(14)6-18(24-17)20-7-11-3-12(8-20)5-13(4-11)9-20/h1-2,11-13,17-18,22-23H,3-10,21H2/t11-,12-,13?,17+,18+,20?/m1/s1. The first kappa shape index (κ1) is 15.0. The molecule has 5 aliphatic rings. The maximum Gasteiger partial charge on any atom is 0.161 e. The molecule has 0 radical (unpaired) electrons. The number of hydrogen-bond acceptors (Lipinski definition) is 4. The minimum atomic E-state index is -0.168. The minimum Gasteiger partial charge on any atom is -0.504 e. The molecule has 4 heteroatoms. The Hall–Kier alpha value is -1.26. The van der Waals surface area contributed by atoms with Crippen molar-refractivity contribution in [3.63, 3.8) is 0 Å². The molecule has 6 rings (SSSR count). The quantitative estimate of drug-likeness (QED) is 0.728. The van der Waals surface area contributed by atoms with E-state index in [-0.39, 0.29) is 29.1 Å². The van der Waals surface area contributed by atoms with Crippen molar-refractivity contribution in [3.05, 3.63) is 23.3 Å². The summed E-state index contributed by atoms with van der Waals surface area (Å²) >= 11 is 0. The van der Waals surface area contributed by atoms with Crippen LogP contribution in [-0.2, 0) is 11.2 Å². The molecule has 0 saturated heterocycles. The summed E-state index contributed by atoms with van der Waals surface area (Å²) in [5.41, 5.74) is 8.06. The van der Waals surface area contributed by atoms with Crippen LogP contribution >= 0.6 is 0 Å². The molecule has 130 valence electrons. The Morgan fingerprint density at radius 3 is 2.25 bits per heavy atom. The van der Waals surface area contributed by atoms with Crippen molar-refractivity contribution >= 4 is 0 Å². The summed E-state index contributed by atoms with van der Waals surface area (Å²) < 4.78 is 6.52. The third-order valence-corrected chi connectivity index (χ3v) is 7.35. The van der Waals surface area contributed by atoms with Crippen LogP contribution in [0.1, 0.15) is 55.8 Å².